The van der Waals surface area contributed by atoms with E-state index in [9.17, 15) is 22.8 Å². The van der Waals surface area contributed by atoms with E-state index in [0.29, 0.717) is 17.0 Å². The minimum atomic E-state index is -4.79. The van der Waals surface area contributed by atoms with Crippen LogP contribution >= 0.6 is 11.8 Å². The first-order valence-electron chi connectivity index (χ1n) is 9.15. The highest BCUT2D eigenvalue weighted by Crippen LogP contribution is 2.26. The SMILES string of the molecule is CNCC(=O)Nc1cccc(CN2N=C(c3cccc(OC(F)(F)F)c3)CSC2=O)c1. The Labute approximate surface area is 180 Å². The average Bonchev–Trinajstić information content (AvgIpc) is 2.69. The summed E-state index contributed by atoms with van der Waals surface area (Å²) in [7, 11) is 1.66. The van der Waals surface area contributed by atoms with Crippen LogP contribution in [0.25, 0.3) is 0 Å². The van der Waals surface area contributed by atoms with Crippen LogP contribution in [0.15, 0.2) is 53.6 Å². The number of likely N-dealkylation sites (N-methyl/N-ethyl adjacent to an activating group) is 1. The molecule has 0 saturated heterocycles. The van der Waals surface area contributed by atoms with E-state index in [1.54, 1.807) is 37.4 Å². The third kappa shape index (κ3) is 6.72. The third-order valence-electron chi connectivity index (χ3n) is 4.07. The maximum atomic E-state index is 12.5. The maximum absolute atomic E-state index is 12.5. The molecule has 11 heteroatoms. The molecule has 2 N–H and O–H groups in total. The summed E-state index contributed by atoms with van der Waals surface area (Å²) in [5.74, 6) is -0.332. The Morgan fingerprint density at radius 3 is 2.74 bits per heavy atom. The number of rotatable bonds is 7. The molecule has 0 atom stereocenters. The van der Waals surface area contributed by atoms with Crippen molar-refractivity contribution in [3.05, 3.63) is 59.7 Å². The molecule has 3 rings (SSSR count). The quantitative estimate of drug-likeness (QED) is 0.668. The van der Waals surface area contributed by atoms with E-state index in [1.165, 1.54) is 23.2 Å². The Hall–Kier alpha value is -3.05. The van der Waals surface area contributed by atoms with Crippen molar-refractivity contribution in [3.63, 3.8) is 0 Å². The number of nitrogens with zero attached hydrogens (tertiary/aromatic N) is 2. The summed E-state index contributed by atoms with van der Waals surface area (Å²) in [6.07, 6.45) is -4.79. The number of alkyl halides is 3. The summed E-state index contributed by atoms with van der Waals surface area (Å²) in [5, 5.41) is 10.8. The van der Waals surface area contributed by atoms with E-state index >= 15 is 0 Å². The Balaban J connectivity index is 1.77. The average molecular weight is 452 g/mol. The maximum Gasteiger partial charge on any atom is 0.573 e. The van der Waals surface area contributed by atoms with Crippen LogP contribution < -0.4 is 15.4 Å². The van der Waals surface area contributed by atoms with Crippen LogP contribution in [-0.4, -0.2) is 47.6 Å². The molecule has 2 amide bonds. The van der Waals surface area contributed by atoms with Gasteiger partial charge >= 0.3 is 11.6 Å². The Kier molecular flexibility index (Phi) is 7.18. The summed E-state index contributed by atoms with van der Waals surface area (Å²) in [4.78, 5) is 24.0. The molecule has 0 aliphatic carbocycles. The van der Waals surface area contributed by atoms with Crippen molar-refractivity contribution in [1.82, 2.24) is 10.3 Å². The number of amides is 2. The van der Waals surface area contributed by atoms with Crippen molar-refractivity contribution in [2.75, 3.05) is 24.7 Å². The van der Waals surface area contributed by atoms with Gasteiger partial charge in [0, 0.05) is 17.0 Å². The minimum Gasteiger partial charge on any atom is -0.406 e. The van der Waals surface area contributed by atoms with E-state index < -0.39 is 6.36 Å². The first-order chi connectivity index (χ1) is 14.7. The summed E-state index contributed by atoms with van der Waals surface area (Å²) in [6.45, 7) is 0.306. The Bertz CT molecular complexity index is 998. The molecule has 0 radical (unpaired) electrons. The van der Waals surface area contributed by atoms with Crippen LogP contribution in [0.3, 0.4) is 0 Å². The van der Waals surface area contributed by atoms with Crippen LogP contribution in [0.4, 0.5) is 23.7 Å². The number of hydrogen-bond acceptors (Lipinski definition) is 6. The monoisotopic (exact) mass is 452 g/mol. The Morgan fingerprint density at radius 1 is 1.23 bits per heavy atom. The number of benzene rings is 2. The highest BCUT2D eigenvalue weighted by molar-refractivity contribution is 8.14. The largest absolute Gasteiger partial charge is 0.573 e. The third-order valence-corrected chi connectivity index (χ3v) is 4.94. The number of carbonyl (C=O) groups excluding carboxylic acids is 2. The predicted octanol–water partition coefficient (Wildman–Crippen LogP) is 3.82. The number of carbonyl (C=O) groups is 2. The van der Waals surface area contributed by atoms with Gasteiger partial charge in [-0.3, -0.25) is 9.59 Å². The van der Waals surface area contributed by atoms with Crippen molar-refractivity contribution in [1.29, 1.82) is 0 Å². The van der Waals surface area contributed by atoms with Crippen LogP contribution in [-0.2, 0) is 11.3 Å². The zero-order valence-electron chi connectivity index (χ0n) is 16.4. The molecule has 0 fully saturated rings. The second-order valence-electron chi connectivity index (χ2n) is 6.51. The second-order valence-corrected chi connectivity index (χ2v) is 7.44. The van der Waals surface area contributed by atoms with Gasteiger partial charge in [-0.25, -0.2) is 5.01 Å². The second kappa shape index (κ2) is 9.84. The van der Waals surface area contributed by atoms with Gasteiger partial charge in [-0.1, -0.05) is 36.0 Å². The van der Waals surface area contributed by atoms with E-state index in [-0.39, 0.29) is 35.7 Å². The van der Waals surface area contributed by atoms with E-state index in [2.05, 4.69) is 20.5 Å². The molecular weight excluding hydrogens is 433 g/mol. The summed E-state index contributed by atoms with van der Waals surface area (Å²) >= 11 is 1.00. The fraction of sp³-hybridized carbons (Fsp3) is 0.250. The smallest absolute Gasteiger partial charge is 0.406 e. The molecule has 2 aromatic carbocycles. The highest BCUT2D eigenvalue weighted by Gasteiger charge is 2.31. The number of ether oxygens (including phenoxy) is 1. The van der Waals surface area contributed by atoms with Gasteiger partial charge in [-0.15, -0.1) is 13.2 Å². The summed E-state index contributed by atoms with van der Waals surface area (Å²) in [6, 6.07) is 12.5. The van der Waals surface area contributed by atoms with Gasteiger partial charge in [0.25, 0.3) is 0 Å². The molecule has 7 nitrogen and oxygen atoms in total. The summed E-state index contributed by atoms with van der Waals surface area (Å²) in [5.41, 5.74) is 2.20. The molecule has 0 saturated carbocycles. The molecule has 0 spiro atoms. The predicted molar refractivity (Wildman–Crippen MR) is 112 cm³/mol. The minimum absolute atomic E-state index is 0.143. The molecule has 1 aliphatic rings. The number of nitrogens with one attached hydrogen (secondary N) is 2. The lowest BCUT2D eigenvalue weighted by Crippen LogP contribution is -2.29. The van der Waals surface area contributed by atoms with Gasteiger partial charge in [0.15, 0.2) is 0 Å². The number of hydrogen-bond donors (Lipinski definition) is 2. The van der Waals surface area contributed by atoms with Crippen molar-refractivity contribution in [2.45, 2.75) is 12.9 Å². The van der Waals surface area contributed by atoms with Crippen molar-refractivity contribution < 1.29 is 27.5 Å². The lowest BCUT2D eigenvalue weighted by molar-refractivity contribution is -0.274. The van der Waals surface area contributed by atoms with Gasteiger partial charge < -0.3 is 15.4 Å². The number of thioether (sulfide) groups is 1. The van der Waals surface area contributed by atoms with E-state index in [0.717, 1.165) is 17.3 Å². The summed E-state index contributed by atoms with van der Waals surface area (Å²) < 4.78 is 41.4. The van der Waals surface area contributed by atoms with Gasteiger partial charge in [0.2, 0.25) is 5.91 Å². The zero-order chi connectivity index (χ0) is 22.4. The molecule has 0 bridgehead atoms. The lowest BCUT2D eigenvalue weighted by atomic mass is 10.1. The molecule has 0 unspecified atom stereocenters. The molecule has 31 heavy (non-hydrogen) atoms. The van der Waals surface area contributed by atoms with Gasteiger partial charge in [-0.05, 0) is 36.9 Å². The first-order valence-corrected chi connectivity index (χ1v) is 10.1. The highest BCUT2D eigenvalue weighted by atomic mass is 32.2. The number of anilines is 1. The zero-order valence-corrected chi connectivity index (χ0v) is 17.2. The lowest BCUT2D eigenvalue weighted by Gasteiger charge is -2.23. The van der Waals surface area contributed by atoms with Crippen molar-refractivity contribution in [3.8, 4) is 5.75 Å². The molecule has 0 aromatic heterocycles. The van der Waals surface area contributed by atoms with Crippen LogP contribution in [0.5, 0.6) is 5.75 Å². The van der Waals surface area contributed by atoms with Crippen molar-refractivity contribution in [2.24, 2.45) is 5.10 Å². The van der Waals surface area contributed by atoms with E-state index in [4.69, 9.17) is 0 Å². The van der Waals surface area contributed by atoms with Gasteiger partial charge in [0.05, 0.1) is 18.8 Å². The molecule has 1 heterocycles. The molecule has 2 aromatic rings. The van der Waals surface area contributed by atoms with Gasteiger partial charge in [0.1, 0.15) is 5.75 Å². The van der Waals surface area contributed by atoms with Crippen molar-refractivity contribution >= 4 is 34.3 Å². The van der Waals surface area contributed by atoms with Crippen LogP contribution in [0, 0.1) is 0 Å². The molecule has 1 aliphatic heterocycles. The topological polar surface area (TPSA) is 83.0 Å². The molecule has 164 valence electrons. The first kappa shape index (κ1) is 22.6. The van der Waals surface area contributed by atoms with Crippen LogP contribution in [0.2, 0.25) is 0 Å². The number of halogens is 3. The van der Waals surface area contributed by atoms with E-state index in [1.807, 2.05) is 0 Å². The fourth-order valence-electron chi connectivity index (χ4n) is 2.82. The standard InChI is InChI=1S/C20H19F3N4O3S/c1-24-10-18(28)25-15-6-2-4-13(8-15)11-27-19(29)31-12-17(26-27)14-5-3-7-16(9-14)30-20(21,22)23/h2-9,24H,10-12H2,1H3,(H,25,28). The van der Waals surface area contributed by atoms with Gasteiger partial charge in [-0.2, -0.15) is 5.10 Å². The normalized spacial score (nSPS) is 14.3. The Morgan fingerprint density at radius 2 is 2.00 bits per heavy atom. The fourth-order valence-corrected chi connectivity index (χ4v) is 3.56. The number of hydrazone groups is 1. The van der Waals surface area contributed by atoms with Crippen LogP contribution in [0.1, 0.15) is 11.1 Å². The molecular formula is C20H19F3N4O3S.